The lowest BCUT2D eigenvalue weighted by Gasteiger charge is -2.27. The van der Waals surface area contributed by atoms with E-state index < -0.39 is 73.4 Å². The maximum Gasteiger partial charge on any atom is 0.326 e. The largest absolute Gasteiger partial charge is 0.480 e. The van der Waals surface area contributed by atoms with Crippen LogP contribution in [0.3, 0.4) is 0 Å². The molecule has 1 saturated heterocycles. The van der Waals surface area contributed by atoms with Crippen molar-refractivity contribution >= 4 is 29.6 Å². The number of aliphatic hydroxyl groups is 2. The Morgan fingerprint density at radius 1 is 1.04 bits per heavy atom. The number of nitrogens with zero attached hydrogens (tertiary/aromatic N) is 1. The smallest absolute Gasteiger partial charge is 0.326 e. The minimum Gasteiger partial charge on any atom is -0.480 e. The maximum absolute atomic E-state index is 12.5. The number of nitrogens with one attached hydrogen (secondary N) is 2. The number of hydrogen-bond donors (Lipinski definition) is 7. The van der Waals surface area contributed by atoms with Gasteiger partial charge in [-0.1, -0.05) is 0 Å². The lowest BCUT2D eigenvalue weighted by Crippen LogP contribution is -2.59. The molecule has 0 aromatic carbocycles. The van der Waals surface area contributed by atoms with Crippen molar-refractivity contribution in [3.63, 3.8) is 0 Å². The standard InChI is InChI=1S/C15H25N5O8/c16-7(4-11(17)23)12(24)18-8(5-21)13(25)19-9(6-22)14(26)20-3-1-2-10(20)15(27)28/h7-10,21-22H,1-6,16H2,(H2,17,23)(H,18,24)(H,19,25)(H,27,28). The zero-order valence-electron chi connectivity index (χ0n) is 15.0. The molecule has 1 fully saturated rings. The molecule has 0 spiro atoms. The van der Waals surface area contributed by atoms with Crippen molar-refractivity contribution in [2.45, 2.75) is 43.4 Å². The Morgan fingerprint density at radius 3 is 2.11 bits per heavy atom. The van der Waals surface area contributed by atoms with Crippen molar-refractivity contribution < 1.29 is 39.3 Å². The van der Waals surface area contributed by atoms with Gasteiger partial charge >= 0.3 is 5.97 Å². The molecule has 0 aliphatic carbocycles. The summed E-state index contributed by atoms with van der Waals surface area (Å²) in [6.45, 7) is -1.51. The fraction of sp³-hybridized carbons (Fsp3) is 0.667. The van der Waals surface area contributed by atoms with Gasteiger partial charge in [0.05, 0.1) is 25.7 Å². The van der Waals surface area contributed by atoms with Gasteiger partial charge in [0.1, 0.15) is 18.1 Å². The summed E-state index contributed by atoms with van der Waals surface area (Å²) < 4.78 is 0. The number of primary amides is 1. The normalized spacial score (nSPS) is 19.4. The molecule has 0 aromatic heterocycles. The number of likely N-dealkylation sites (tertiary alicyclic amines) is 1. The predicted octanol–water partition coefficient (Wildman–Crippen LogP) is -4.78. The van der Waals surface area contributed by atoms with E-state index in [0.29, 0.717) is 6.42 Å². The van der Waals surface area contributed by atoms with Crippen LogP contribution in [0.25, 0.3) is 0 Å². The van der Waals surface area contributed by atoms with Crippen LogP contribution >= 0.6 is 0 Å². The topological polar surface area (TPSA) is 225 Å². The highest BCUT2D eigenvalue weighted by Crippen LogP contribution is 2.18. The lowest BCUT2D eigenvalue weighted by atomic mass is 10.1. The van der Waals surface area contributed by atoms with Crippen LogP contribution in [0, 0.1) is 0 Å². The average molecular weight is 403 g/mol. The van der Waals surface area contributed by atoms with Gasteiger partial charge < -0.3 is 42.3 Å². The predicted molar refractivity (Wildman–Crippen MR) is 92.2 cm³/mol. The average Bonchev–Trinajstić information content (AvgIpc) is 3.12. The van der Waals surface area contributed by atoms with Crippen LogP contribution in [0.2, 0.25) is 0 Å². The van der Waals surface area contributed by atoms with Crippen molar-refractivity contribution in [1.29, 1.82) is 0 Å². The van der Waals surface area contributed by atoms with Gasteiger partial charge in [0.25, 0.3) is 0 Å². The molecular formula is C15H25N5O8. The number of rotatable bonds is 10. The second kappa shape index (κ2) is 10.5. The minimum atomic E-state index is -1.51. The molecule has 4 atom stereocenters. The molecule has 1 heterocycles. The van der Waals surface area contributed by atoms with Crippen LogP contribution in [0.4, 0.5) is 0 Å². The summed E-state index contributed by atoms with van der Waals surface area (Å²) in [7, 11) is 0. The molecule has 1 aliphatic heterocycles. The van der Waals surface area contributed by atoms with E-state index >= 15 is 0 Å². The molecule has 4 amide bonds. The van der Waals surface area contributed by atoms with Crippen LogP contribution in [-0.2, 0) is 24.0 Å². The Balaban J connectivity index is 2.75. The number of aliphatic carboxylic acids is 1. The zero-order chi connectivity index (χ0) is 21.4. The summed E-state index contributed by atoms with van der Waals surface area (Å²) in [6, 6.07) is -5.37. The summed E-state index contributed by atoms with van der Waals surface area (Å²) in [5.41, 5.74) is 10.4. The van der Waals surface area contributed by atoms with E-state index in [0.717, 1.165) is 4.90 Å². The third-order valence-electron chi connectivity index (χ3n) is 4.19. The summed E-state index contributed by atoms with van der Waals surface area (Å²) in [5, 5.41) is 32.1. The Kier molecular flexibility index (Phi) is 8.76. The van der Waals surface area contributed by atoms with Gasteiger partial charge in [0, 0.05) is 6.54 Å². The highest BCUT2D eigenvalue weighted by atomic mass is 16.4. The Hall–Kier alpha value is -2.77. The number of carboxylic acid groups (broad SMARTS) is 1. The molecule has 1 rings (SSSR count). The van der Waals surface area contributed by atoms with Gasteiger partial charge in [-0.2, -0.15) is 0 Å². The molecule has 0 bridgehead atoms. The molecule has 13 heteroatoms. The van der Waals surface area contributed by atoms with Gasteiger partial charge in [-0.25, -0.2) is 4.79 Å². The Bertz CT molecular complexity index is 628. The first kappa shape index (κ1) is 23.3. The SMILES string of the molecule is NC(=O)CC(N)C(=O)NC(CO)C(=O)NC(CO)C(=O)N1CCCC1C(=O)O. The molecular weight excluding hydrogens is 378 g/mol. The monoisotopic (exact) mass is 403 g/mol. The zero-order valence-corrected chi connectivity index (χ0v) is 15.0. The number of hydrogen-bond acceptors (Lipinski definition) is 8. The number of amides is 4. The quantitative estimate of drug-likeness (QED) is 0.185. The van der Waals surface area contributed by atoms with E-state index in [9.17, 15) is 34.2 Å². The number of carbonyl (C=O) groups excluding carboxylic acids is 4. The van der Waals surface area contributed by atoms with E-state index in [1.165, 1.54) is 0 Å². The van der Waals surface area contributed by atoms with Crippen LogP contribution in [-0.4, -0.2) is 93.7 Å². The number of carbonyl (C=O) groups is 5. The van der Waals surface area contributed by atoms with Crippen LogP contribution in [0.15, 0.2) is 0 Å². The van der Waals surface area contributed by atoms with Crippen molar-refractivity contribution in [3.8, 4) is 0 Å². The van der Waals surface area contributed by atoms with Crippen LogP contribution < -0.4 is 22.1 Å². The van der Waals surface area contributed by atoms with Crippen molar-refractivity contribution in [2.75, 3.05) is 19.8 Å². The summed E-state index contributed by atoms with van der Waals surface area (Å²) in [6.07, 6.45) is 0.233. The molecule has 0 saturated carbocycles. The van der Waals surface area contributed by atoms with Gasteiger partial charge in [-0.15, -0.1) is 0 Å². The second-order valence-corrected chi connectivity index (χ2v) is 6.29. The van der Waals surface area contributed by atoms with E-state index in [1.807, 2.05) is 0 Å². The summed E-state index contributed by atoms with van der Waals surface area (Å²) in [4.78, 5) is 59.6. The Morgan fingerprint density at radius 2 is 1.61 bits per heavy atom. The number of nitrogens with two attached hydrogens (primary N) is 2. The van der Waals surface area contributed by atoms with E-state index in [4.69, 9.17) is 16.6 Å². The second-order valence-electron chi connectivity index (χ2n) is 6.29. The highest BCUT2D eigenvalue weighted by Gasteiger charge is 2.38. The molecule has 13 nitrogen and oxygen atoms in total. The van der Waals surface area contributed by atoms with Gasteiger partial charge in [0.15, 0.2) is 0 Å². The minimum absolute atomic E-state index is 0.157. The number of carboxylic acids is 1. The Labute approximate surface area is 160 Å². The lowest BCUT2D eigenvalue weighted by molar-refractivity contribution is -0.150. The van der Waals surface area contributed by atoms with Gasteiger partial charge in [-0.05, 0) is 12.8 Å². The van der Waals surface area contributed by atoms with Crippen molar-refractivity contribution in [2.24, 2.45) is 11.5 Å². The first-order valence-electron chi connectivity index (χ1n) is 8.52. The maximum atomic E-state index is 12.5. The molecule has 158 valence electrons. The van der Waals surface area contributed by atoms with Gasteiger partial charge in [0.2, 0.25) is 23.6 Å². The van der Waals surface area contributed by atoms with Crippen molar-refractivity contribution in [1.82, 2.24) is 15.5 Å². The first-order chi connectivity index (χ1) is 13.1. The van der Waals surface area contributed by atoms with E-state index in [-0.39, 0.29) is 13.0 Å². The third kappa shape index (κ3) is 6.14. The number of aliphatic hydroxyl groups excluding tert-OH is 2. The molecule has 9 N–H and O–H groups in total. The third-order valence-corrected chi connectivity index (χ3v) is 4.19. The van der Waals surface area contributed by atoms with Crippen LogP contribution in [0.1, 0.15) is 19.3 Å². The molecule has 1 aliphatic rings. The van der Waals surface area contributed by atoms with E-state index in [2.05, 4.69) is 10.6 Å². The molecule has 28 heavy (non-hydrogen) atoms. The summed E-state index contributed by atoms with van der Waals surface area (Å²) >= 11 is 0. The molecule has 4 unspecified atom stereocenters. The van der Waals surface area contributed by atoms with Crippen LogP contribution in [0.5, 0.6) is 0 Å². The van der Waals surface area contributed by atoms with Gasteiger partial charge in [-0.3, -0.25) is 19.2 Å². The fourth-order valence-corrected chi connectivity index (χ4v) is 2.73. The van der Waals surface area contributed by atoms with Crippen molar-refractivity contribution in [3.05, 3.63) is 0 Å². The molecule has 0 radical (unpaired) electrons. The first-order valence-corrected chi connectivity index (χ1v) is 8.52. The fourth-order valence-electron chi connectivity index (χ4n) is 2.73. The highest BCUT2D eigenvalue weighted by molar-refractivity contribution is 5.95. The summed E-state index contributed by atoms with van der Waals surface area (Å²) in [5.74, 6) is -4.75. The molecule has 0 aromatic rings. The van der Waals surface area contributed by atoms with E-state index in [1.54, 1.807) is 0 Å².